The van der Waals surface area contributed by atoms with Crippen LogP contribution in [0.25, 0.3) is 0 Å². The van der Waals surface area contributed by atoms with Crippen LogP contribution in [-0.2, 0) is 23.3 Å². The topological polar surface area (TPSA) is 76.9 Å². The van der Waals surface area contributed by atoms with Crippen LogP contribution in [0.15, 0.2) is 35.5 Å². The van der Waals surface area contributed by atoms with Crippen LogP contribution in [0.5, 0.6) is 0 Å². The first kappa shape index (κ1) is 15.5. The van der Waals surface area contributed by atoms with Gasteiger partial charge in [0.05, 0.1) is 16.3 Å². The molecule has 0 unspecified atom stereocenters. The zero-order valence-corrected chi connectivity index (χ0v) is 13.1. The summed E-state index contributed by atoms with van der Waals surface area (Å²) in [5.41, 5.74) is 0.646. The summed E-state index contributed by atoms with van der Waals surface area (Å²) in [6.07, 6.45) is 2.93. The van der Waals surface area contributed by atoms with Crippen molar-refractivity contribution in [1.29, 1.82) is 0 Å². The zero-order chi connectivity index (χ0) is 15.3. The zero-order valence-electron chi connectivity index (χ0n) is 12.3. The molecule has 0 fully saturated rings. The Bertz CT molecular complexity index is 695. The number of anilines is 1. The van der Waals surface area contributed by atoms with Crippen molar-refractivity contribution in [3.05, 3.63) is 36.4 Å². The van der Waals surface area contributed by atoms with Crippen LogP contribution in [-0.4, -0.2) is 35.5 Å². The van der Waals surface area contributed by atoms with E-state index >= 15 is 0 Å². The van der Waals surface area contributed by atoms with Gasteiger partial charge in [-0.3, -0.25) is 0 Å². The summed E-state index contributed by atoms with van der Waals surface area (Å²) in [4.78, 5) is 0.366. The monoisotopic (exact) mass is 308 g/mol. The maximum absolute atomic E-state index is 12.2. The lowest BCUT2D eigenvalue weighted by Gasteiger charge is -2.12. The van der Waals surface area contributed by atoms with Gasteiger partial charge in [-0.2, -0.15) is 0 Å². The highest BCUT2D eigenvalue weighted by Gasteiger charge is 2.17. The minimum atomic E-state index is -3.23. The Balaban J connectivity index is 2.09. The van der Waals surface area contributed by atoms with Gasteiger partial charge in [0.25, 0.3) is 0 Å². The Kier molecular flexibility index (Phi) is 4.95. The lowest BCUT2D eigenvalue weighted by Crippen LogP contribution is -2.13. The molecule has 0 bridgehead atoms. The normalized spacial score (nSPS) is 11.5. The Labute approximate surface area is 125 Å². The van der Waals surface area contributed by atoms with E-state index in [9.17, 15) is 8.42 Å². The molecule has 2 rings (SSSR count). The molecule has 6 nitrogen and oxygen atoms in total. The minimum Gasteiger partial charge on any atom is -0.384 e. The molecule has 0 saturated carbocycles. The van der Waals surface area contributed by atoms with Crippen LogP contribution in [0.4, 0.5) is 5.69 Å². The highest BCUT2D eigenvalue weighted by atomic mass is 32.2. The smallest absolute Gasteiger partial charge is 0.180 e. The highest BCUT2D eigenvalue weighted by Crippen LogP contribution is 2.22. The van der Waals surface area contributed by atoms with Crippen molar-refractivity contribution in [3.8, 4) is 0 Å². The Morgan fingerprint density at radius 2 is 2.05 bits per heavy atom. The third-order valence-electron chi connectivity index (χ3n) is 3.16. The molecule has 0 spiro atoms. The molecule has 0 aliphatic heterocycles. The van der Waals surface area contributed by atoms with Crippen molar-refractivity contribution in [2.75, 3.05) is 17.6 Å². The molecule has 21 heavy (non-hydrogen) atoms. The quantitative estimate of drug-likeness (QED) is 0.841. The number of aromatic nitrogens is 3. The van der Waals surface area contributed by atoms with Crippen molar-refractivity contribution < 1.29 is 8.42 Å². The first-order valence-corrected chi connectivity index (χ1v) is 8.58. The van der Waals surface area contributed by atoms with Gasteiger partial charge < -0.3 is 9.88 Å². The van der Waals surface area contributed by atoms with E-state index in [4.69, 9.17) is 0 Å². The van der Waals surface area contributed by atoms with Crippen LogP contribution in [0.1, 0.15) is 19.2 Å². The van der Waals surface area contributed by atoms with Gasteiger partial charge in [-0.15, -0.1) is 10.2 Å². The number of hydrogen-bond donors (Lipinski definition) is 1. The number of nitrogens with zero attached hydrogens (tertiary/aromatic N) is 3. The molecule has 7 heteroatoms. The van der Waals surface area contributed by atoms with Gasteiger partial charge in [-0.1, -0.05) is 19.1 Å². The van der Waals surface area contributed by atoms with Crippen LogP contribution < -0.4 is 5.32 Å². The van der Waals surface area contributed by atoms with Crippen LogP contribution in [0.3, 0.4) is 0 Å². The molecule has 1 N–H and O–H groups in total. The number of benzene rings is 1. The first-order valence-electron chi connectivity index (χ1n) is 6.93. The highest BCUT2D eigenvalue weighted by molar-refractivity contribution is 7.91. The molecule has 114 valence electrons. The largest absolute Gasteiger partial charge is 0.384 e. The minimum absolute atomic E-state index is 0.162. The van der Waals surface area contributed by atoms with Gasteiger partial charge in [-0.25, -0.2) is 8.42 Å². The molecular formula is C14H20N4O2S. The van der Waals surface area contributed by atoms with E-state index < -0.39 is 9.84 Å². The van der Waals surface area contributed by atoms with E-state index in [1.54, 1.807) is 24.5 Å². The molecule has 0 aliphatic rings. The number of sulfone groups is 1. The Morgan fingerprint density at radius 1 is 1.29 bits per heavy atom. The standard InChI is InChI=1S/C14H20N4O2S/c1-3-10-21(19,20)13-7-5-4-6-12(13)15-9-8-14-17-16-11-18(14)2/h4-7,11,15H,3,8-10H2,1-2H3. The van der Waals surface area contributed by atoms with E-state index in [0.717, 1.165) is 5.82 Å². The fourth-order valence-electron chi connectivity index (χ4n) is 2.11. The van der Waals surface area contributed by atoms with Crippen molar-refractivity contribution in [3.63, 3.8) is 0 Å². The average Bonchev–Trinajstić information content (AvgIpc) is 2.85. The van der Waals surface area contributed by atoms with E-state index in [0.29, 0.717) is 30.0 Å². The van der Waals surface area contributed by atoms with Crippen molar-refractivity contribution >= 4 is 15.5 Å². The molecule has 0 atom stereocenters. The van der Waals surface area contributed by atoms with Crippen molar-refractivity contribution in [2.45, 2.75) is 24.7 Å². The molecule has 0 saturated heterocycles. The van der Waals surface area contributed by atoms with Gasteiger partial charge in [0.15, 0.2) is 9.84 Å². The van der Waals surface area contributed by atoms with Gasteiger partial charge in [0, 0.05) is 20.0 Å². The SMILES string of the molecule is CCCS(=O)(=O)c1ccccc1NCCc1nncn1C. The summed E-state index contributed by atoms with van der Waals surface area (Å²) in [5.74, 6) is 1.02. The molecule has 2 aromatic rings. The number of aryl methyl sites for hydroxylation is 1. The van der Waals surface area contributed by atoms with Gasteiger partial charge in [0.2, 0.25) is 0 Å². The van der Waals surface area contributed by atoms with Crippen LogP contribution >= 0.6 is 0 Å². The summed E-state index contributed by atoms with van der Waals surface area (Å²) in [6, 6.07) is 7.01. The van der Waals surface area contributed by atoms with Gasteiger partial charge in [0.1, 0.15) is 12.2 Å². The fourth-order valence-corrected chi connectivity index (χ4v) is 3.62. The maximum atomic E-state index is 12.2. The predicted molar refractivity (Wildman–Crippen MR) is 82.0 cm³/mol. The fraction of sp³-hybridized carbons (Fsp3) is 0.429. The first-order chi connectivity index (χ1) is 10.0. The Morgan fingerprint density at radius 3 is 2.71 bits per heavy atom. The maximum Gasteiger partial charge on any atom is 0.180 e. The molecule has 0 radical (unpaired) electrons. The van der Waals surface area contributed by atoms with Crippen LogP contribution in [0, 0.1) is 0 Å². The number of hydrogen-bond acceptors (Lipinski definition) is 5. The second-order valence-electron chi connectivity index (χ2n) is 4.85. The average molecular weight is 308 g/mol. The second-order valence-corrected chi connectivity index (χ2v) is 6.93. The van der Waals surface area contributed by atoms with E-state index in [1.807, 2.05) is 24.6 Å². The van der Waals surface area contributed by atoms with E-state index in [-0.39, 0.29) is 5.75 Å². The van der Waals surface area contributed by atoms with Crippen molar-refractivity contribution in [2.24, 2.45) is 7.05 Å². The van der Waals surface area contributed by atoms with Gasteiger partial charge >= 0.3 is 0 Å². The molecular weight excluding hydrogens is 288 g/mol. The lowest BCUT2D eigenvalue weighted by atomic mass is 10.3. The lowest BCUT2D eigenvalue weighted by molar-refractivity contribution is 0.595. The predicted octanol–water partition coefficient (Wildman–Crippen LogP) is 1.65. The summed E-state index contributed by atoms with van der Waals surface area (Å²) >= 11 is 0. The number of nitrogens with one attached hydrogen (secondary N) is 1. The molecule has 0 aliphatic carbocycles. The third-order valence-corrected chi connectivity index (χ3v) is 5.14. The summed E-state index contributed by atoms with van der Waals surface area (Å²) in [7, 11) is -1.35. The van der Waals surface area contributed by atoms with Gasteiger partial charge in [-0.05, 0) is 18.6 Å². The summed E-state index contributed by atoms with van der Waals surface area (Å²) in [6.45, 7) is 2.47. The molecule has 1 heterocycles. The molecule has 1 aromatic carbocycles. The molecule has 1 aromatic heterocycles. The summed E-state index contributed by atoms with van der Waals surface area (Å²) < 4.78 is 26.3. The van der Waals surface area contributed by atoms with E-state index in [2.05, 4.69) is 15.5 Å². The number of rotatable bonds is 7. The van der Waals surface area contributed by atoms with E-state index in [1.165, 1.54) is 0 Å². The second kappa shape index (κ2) is 6.71. The number of para-hydroxylation sites is 1. The third kappa shape index (κ3) is 3.81. The van der Waals surface area contributed by atoms with Crippen molar-refractivity contribution in [1.82, 2.24) is 14.8 Å². The summed E-state index contributed by atoms with van der Waals surface area (Å²) in [5, 5.41) is 11.0. The molecule has 0 amide bonds. The Hall–Kier alpha value is -1.89. The van der Waals surface area contributed by atoms with Crippen LogP contribution in [0.2, 0.25) is 0 Å².